The van der Waals surface area contributed by atoms with Gasteiger partial charge in [0.1, 0.15) is 24.6 Å². The summed E-state index contributed by atoms with van der Waals surface area (Å²) < 4.78 is 12.1. The zero-order valence-electron chi connectivity index (χ0n) is 19.8. The Morgan fingerprint density at radius 1 is 1.17 bits per heavy atom. The number of halogens is 1. The van der Waals surface area contributed by atoms with Crippen molar-refractivity contribution < 1.29 is 29.3 Å². The summed E-state index contributed by atoms with van der Waals surface area (Å²) in [7, 11) is 1.44. The second kappa shape index (κ2) is 13.0. The lowest BCUT2D eigenvalue weighted by Gasteiger charge is -2.40. The first kappa shape index (κ1) is 27.1. The van der Waals surface area contributed by atoms with Crippen molar-refractivity contribution in [1.29, 1.82) is 0 Å². The first-order valence-corrected chi connectivity index (χ1v) is 12.4. The van der Waals surface area contributed by atoms with E-state index in [1.165, 1.54) is 7.11 Å². The van der Waals surface area contributed by atoms with Crippen molar-refractivity contribution in [2.24, 2.45) is 0 Å². The second-order valence-corrected chi connectivity index (χ2v) is 9.55. The standard InChI is InChI=1S/C26H31IN2O6/c1-17-7-9-18(10-8-17)15-29(24(31)16-34-2)21-13-19(26(33)28-11-12-30)14-23(25(21)32)35-22-6-4-3-5-20(22)27/h3-10,14,21,23,25,30,32H,11-13,15-16H2,1-2H3,(H,28,33). The maximum Gasteiger partial charge on any atom is 0.249 e. The Bertz CT molecular complexity index is 1040. The Kier molecular flexibility index (Phi) is 10.1. The Labute approximate surface area is 219 Å². The molecule has 8 nitrogen and oxygen atoms in total. The lowest BCUT2D eigenvalue weighted by atomic mass is 9.87. The minimum atomic E-state index is -1.09. The summed E-state index contributed by atoms with van der Waals surface area (Å²) >= 11 is 2.14. The summed E-state index contributed by atoms with van der Waals surface area (Å²) in [6.45, 7) is 1.97. The molecule has 3 N–H and O–H groups in total. The van der Waals surface area contributed by atoms with Gasteiger partial charge in [0.05, 0.1) is 16.2 Å². The Hall–Kier alpha value is -2.47. The lowest BCUT2D eigenvalue weighted by Crippen LogP contribution is -2.55. The van der Waals surface area contributed by atoms with Crippen LogP contribution in [0.4, 0.5) is 0 Å². The number of methoxy groups -OCH3 is 1. The summed E-state index contributed by atoms with van der Waals surface area (Å²) in [4.78, 5) is 27.5. The van der Waals surface area contributed by atoms with E-state index in [0.29, 0.717) is 11.3 Å². The van der Waals surface area contributed by atoms with Gasteiger partial charge in [-0.1, -0.05) is 42.0 Å². The summed E-state index contributed by atoms with van der Waals surface area (Å²) in [6, 6.07) is 14.4. The minimum absolute atomic E-state index is 0.0984. The molecule has 0 heterocycles. The molecule has 0 aliphatic heterocycles. The van der Waals surface area contributed by atoms with Gasteiger partial charge in [-0.3, -0.25) is 9.59 Å². The van der Waals surface area contributed by atoms with E-state index < -0.39 is 18.2 Å². The number of hydrogen-bond acceptors (Lipinski definition) is 6. The quantitative estimate of drug-likeness (QED) is 0.365. The zero-order chi connectivity index (χ0) is 25.4. The van der Waals surface area contributed by atoms with Crippen molar-refractivity contribution in [3.63, 3.8) is 0 Å². The van der Waals surface area contributed by atoms with Crippen LogP contribution in [0, 0.1) is 10.5 Å². The molecular formula is C26H31IN2O6. The second-order valence-electron chi connectivity index (χ2n) is 8.39. The van der Waals surface area contributed by atoms with E-state index in [4.69, 9.17) is 14.6 Å². The van der Waals surface area contributed by atoms with Crippen molar-refractivity contribution in [2.45, 2.75) is 38.1 Å². The molecule has 2 aromatic rings. The highest BCUT2D eigenvalue weighted by Gasteiger charge is 2.40. The number of aliphatic hydroxyl groups excluding tert-OH is 2. The molecule has 0 bridgehead atoms. The van der Waals surface area contributed by atoms with Crippen molar-refractivity contribution in [3.05, 3.63) is 74.9 Å². The third-order valence-corrected chi connectivity index (χ3v) is 6.67. The summed E-state index contributed by atoms with van der Waals surface area (Å²) in [5.41, 5.74) is 2.37. The Morgan fingerprint density at radius 3 is 2.54 bits per heavy atom. The van der Waals surface area contributed by atoms with E-state index in [1.54, 1.807) is 17.0 Å². The molecule has 2 aromatic carbocycles. The molecule has 0 saturated carbocycles. The average molecular weight is 594 g/mol. The first-order valence-electron chi connectivity index (χ1n) is 11.4. The number of ether oxygens (including phenoxy) is 2. The predicted molar refractivity (Wildman–Crippen MR) is 140 cm³/mol. The number of aryl methyl sites for hydroxylation is 1. The van der Waals surface area contributed by atoms with E-state index in [9.17, 15) is 14.7 Å². The van der Waals surface area contributed by atoms with Gasteiger partial charge in [-0.25, -0.2) is 0 Å². The van der Waals surface area contributed by atoms with Gasteiger partial charge in [0.15, 0.2) is 0 Å². The molecule has 1 aliphatic carbocycles. The van der Waals surface area contributed by atoms with Gasteiger partial charge in [0.2, 0.25) is 11.8 Å². The molecule has 0 saturated heterocycles. The van der Waals surface area contributed by atoms with E-state index in [0.717, 1.165) is 14.7 Å². The molecule has 0 fully saturated rings. The largest absolute Gasteiger partial charge is 0.482 e. The van der Waals surface area contributed by atoms with Crippen molar-refractivity contribution in [2.75, 3.05) is 26.9 Å². The monoisotopic (exact) mass is 594 g/mol. The van der Waals surface area contributed by atoms with Gasteiger partial charge in [-0.15, -0.1) is 0 Å². The van der Waals surface area contributed by atoms with Crippen LogP contribution in [0.2, 0.25) is 0 Å². The smallest absolute Gasteiger partial charge is 0.249 e. The van der Waals surface area contributed by atoms with Crippen LogP contribution in [0.25, 0.3) is 0 Å². The third-order valence-electron chi connectivity index (χ3n) is 5.78. The van der Waals surface area contributed by atoms with Crippen LogP contribution in [0.1, 0.15) is 17.5 Å². The van der Waals surface area contributed by atoms with Gasteiger partial charge in [-0.2, -0.15) is 0 Å². The van der Waals surface area contributed by atoms with Gasteiger partial charge in [-0.05, 0) is 53.3 Å². The maximum atomic E-state index is 13.1. The molecule has 2 amide bonds. The number of aliphatic hydroxyl groups is 2. The molecular weight excluding hydrogens is 563 g/mol. The van der Waals surface area contributed by atoms with Crippen LogP contribution in [0.5, 0.6) is 5.75 Å². The number of amides is 2. The molecule has 1 aliphatic rings. The highest BCUT2D eigenvalue weighted by Crippen LogP contribution is 2.30. The zero-order valence-corrected chi connectivity index (χ0v) is 22.0. The molecule has 9 heteroatoms. The third kappa shape index (κ3) is 7.26. The number of carbonyl (C=O) groups excluding carboxylic acids is 2. The van der Waals surface area contributed by atoms with Crippen molar-refractivity contribution >= 4 is 34.4 Å². The summed E-state index contributed by atoms with van der Waals surface area (Å²) in [5, 5.41) is 23.2. The van der Waals surface area contributed by atoms with Crippen LogP contribution >= 0.6 is 22.6 Å². The van der Waals surface area contributed by atoms with E-state index in [1.807, 2.05) is 49.4 Å². The van der Waals surface area contributed by atoms with Gasteiger partial charge in [0, 0.05) is 32.2 Å². The predicted octanol–water partition coefficient (Wildman–Crippen LogP) is 2.19. The number of nitrogens with one attached hydrogen (secondary N) is 1. The fourth-order valence-corrected chi connectivity index (χ4v) is 4.47. The van der Waals surface area contributed by atoms with Crippen LogP contribution in [0.15, 0.2) is 60.2 Å². The normalized spacial score (nSPS) is 19.6. The molecule has 3 rings (SSSR count). The molecule has 0 radical (unpaired) electrons. The van der Waals surface area contributed by atoms with Crippen LogP contribution in [-0.2, 0) is 20.9 Å². The van der Waals surface area contributed by atoms with E-state index in [-0.39, 0.29) is 44.5 Å². The highest BCUT2D eigenvalue weighted by atomic mass is 127. The number of carbonyl (C=O) groups is 2. The topological polar surface area (TPSA) is 108 Å². The molecule has 0 aromatic heterocycles. The van der Waals surface area contributed by atoms with Crippen LogP contribution < -0.4 is 10.1 Å². The maximum absolute atomic E-state index is 13.1. The molecule has 0 spiro atoms. The molecule has 188 valence electrons. The van der Waals surface area contributed by atoms with Crippen LogP contribution in [0.3, 0.4) is 0 Å². The van der Waals surface area contributed by atoms with Gasteiger partial charge in [0.25, 0.3) is 0 Å². The number of rotatable bonds is 10. The summed E-state index contributed by atoms with van der Waals surface area (Å²) in [5.74, 6) is -0.110. The SMILES string of the molecule is COCC(=O)N(Cc1ccc(C)cc1)C1CC(C(=O)NCCO)=CC(Oc2ccccc2I)C1O. The molecule has 3 unspecified atom stereocenters. The lowest BCUT2D eigenvalue weighted by molar-refractivity contribution is -0.143. The fraction of sp³-hybridized carbons (Fsp3) is 0.385. The number of benzene rings is 2. The Morgan fingerprint density at radius 2 is 1.89 bits per heavy atom. The van der Waals surface area contributed by atoms with Crippen molar-refractivity contribution in [1.82, 2.24) is 10.2 Å². The fourth-order valence-electron chi connectivity index (χ4n) is 3.95. The first-order chi connectivity index (χ1) is 16.8. The highest BCUT2D eigenvalue weighted by molar-refractivity contribution is 14.1. The average Bonchev–Trinajstić information content (AvgIpc) is 2.85. The minimum Gasteiger partial charge on any atom is -0.482 e. The number of hydrogen-bond donors (Lipinski definition) is 3. The van der Waals surface area contributed by atoms with Crippen LogP contribution in [-0.4, -0.2) is 72.0 Å². The Balaban J connectivity index is 1.96. The molecule has 3 atom stereocenters. The van der Waals surface area contributed by atoms with Crippen molar-refractivity contribution in [3.8, 4) is 5.75 Å². The van der Waals surface area contributed by atoms with Gasteiger partial charge < -0.3 is 29.9 Å². The van der Waals surface area contributed by atoms with E-state index >= 15 is 0 Å². The number of para-hydroxylation sites is 1. The van der Waals surface area contributed by atoms with E-state index in [2.05, 4.69) is 27.9 Å². The summed E-state index contributed by atoms with van der Waals surface area (Å²) in [6.07, 6.45) is -0.227. The van der Waals surface area contributed by atoms with Gasteiger partial charge >= 0.3 is 0 Å². The number of nitrogens with zero attached hydrogens (tertiary/aromatic N) is 1. The molecule has 35 heavy (non-hydrogen) atoms.